The zero-order valence-corrected chi connectivity index (χ0v) is 6.13. The Morgan fingerprint density at radius 1 is 1.55 bits per heavy atom. The lowest BCUT2D eigenvalue weighted by atomic mass is 10.1. The van der Waals surface area contributed by atoms with Gasteiger partial charge in [0, 0.05) is 5.56 Å². The predicted molar refractivity (Wildman–Crippen MR) is 40.3 cm³/mol. The molecule has 0 N–H and O–H groups in total. The van der Waals surface area contributed by atoms with Crippen molar-refractivity contribution in [1.29, 1.82) is 0 Å². The zero-order valence-electron chi connectivity index (χ0n) is 7.13. The van der Waals surface area contributed by atoms with Gasteiger partial charge in [0.25, 0.3) is 0 Å². The van der Waals surface area contributed by atoms with Crippen molar-refractivity contribution in [2.24, 2.45) is 0 Å². The summed E-state index contributed by atoms with van der Waals surface area (Å²) in [5.74, 6) is -0.400. The SMILES string of the molecule is [2H][C@@]1(C)OC(=O)c2ccccc21. The lowest BCUT2D eigenvalue weighted by Gasteiger charge is -1.99. The van der Waals surface area contributed by atoms with E-state index < -0.39 is 12.0 Å². The maximum atomic E-state index is 11.1. The van der Waals surface area contributed by atoms with Crippen LogP contribution in [0.1, 0.15) is 30.3 Å². The van der Waals surface area contributed by atoms with Gasteiger partial charge in [-0.05, 0) is 13.0 Å². The van der Waals surface area contributed by atoms with Crippen molar-refractivity contribution < 1.29 is 10.9 Å². The lowest BCUT2D eigenvalue weighted by Crippen LogP contribution is -1.93. The zero-order chi connectivity index (χ0) is 8.77. The van der Waals surface area contributed by atoms with Crippen LogP contribution in [0.25, 0.3) is 0 Å². The van der Waals surface area contributed by atoms with Crippen LogP contribution in [-0.2, 0) is 4.74 Å². The molecule has 11 heavy (non-hydrogen) atoms. The van der Waals surface area contributed by atoms with E-state index in [4.69, 9.17) is 6.11 Å². The van der Waals surface area contributed by atoms with Crippen molar-refractivity contribution in [1.82, 2.24) is 0 Å². The molecule has 0 spiro atoms. The number of ether oxygens (including phenoxy) is 1. The van der Waals surface area contributed by atoms with E-state index in [2.05, 4.69) is 0 Å². The standard InChI is InChI=1S/C9H8O2/c1-6-7-4-2-3-5-8(7)9(10)11-6/h2-6H,1H3/t6-/m0/s1/i6D. The van der Waals surface area contributed by atoms with Gasteiger partial charge in [0.1, 0.15) is 6.08 Å². The molecule has 1 aliphatic rings. The first-order chi connectivity index (χ1) is 5.61. The minimum Gasteiger partial charge on any atom is -0.454 e. The number of benzene rings is 1. The minimum atomic E-state index is -1.20. The van der Waals surface area contributed by atoms with Gasteiger partial charge in [0.2, 0.25) is 0 Å². The third-order valence-electron chi connectivity index (χ3n) is 1.77. The first kappa shape index (κ1) is 5.35. The Kier molecular flexibility index (Phi) is 1.02. The molecule has 0 unspecified atom stereocenters. The second-order valence-corrected chi connectivity index (χ2v) is 2.49. The number of esters is 1. The van der Waals surface area contributed by atoms with Crippen molar-refractivity contribution in [2.75, 3.05) is 0 Å². The molecule has 1 heterocycles. The van der Waals surface area contributed by atoms with Gasteiger partial charge < -0.3 is 4.74 Å². The molecular weight excluding hydrogens is 140 g/mol. The Hall–Kier alpha value is -1.31. The van der Waals surface area contributed by atoms with Gasteiger partial charge in [-0.2, -0.15) is 0 Å². The summed E-state index contributed by atoms with van der Waals surface area (Å²) >= 11 is 0. The molecule has 0 aliphatic carbocycles. The number of cyclic esters (lactones) is 1. The molecule has 1 atom stereocenters. The Labute approximate surface area is 66.2 Å². The summed E-state index contributed by atoms with van der Waals surface area (Å²) in [4.78, 5) is 11.1. The van der Waals surface area contributed by atoms with Crippen LogP contribution in [0.4, 0.5) is 0 Å². The second kappa shape index (κ2) is 2.09. The molecule has 0 aromatic heterocycles. The van der Waals surface area contributed by atoms with Gasteiger partial charge in [-0.25, -0.2) is 4.79 Å². The van der Waals surface area contributed by atoms with Crippen LogP contribution in [-0.4, -0.2) is 5.97 Å². The van der Waals surface area contributed by atoms with E-state index in [1.165, 1.54) is 0 Å². The van der Waals surface area contributed by atoms with Gasteiger partial charge >= 0.3 is 5.97 Å². The van der Waals surface area contributed by atoms with E-state index in [0.29, 0.717) is 11.1 Å². The average molecular weight is 149 g/mol. The third kappa shape index (κ3) is 0.827. The van der Waals surface area contributed by atoms with Crippen molar-refractivity contribution in [3.05, 3.63) is 35.4 Å². The Balaban J connectivity index is 2.66. The van der Waals surface area contributed by atoms with Crippen molar-refractivity contribution >= 4 is 5.97 Å². The molecule has 0 saturated carbocycles. The largest absolute Gasteiger partial charge is 0.454 e. The maximum absolute atomic E-state index is 11.1. The highest BCUT2D eigenvalue weighted by Crippen LogP contribution is 2.29. The second-order valence-electron chi connectivity index (χ2n) is 2.49. The number of rotatable bonds is 0. The molecule has 1 aromatic carbocycles. The fourth-order valence-electron chi connectivity index (χ4n) is 1.22. The first-order valence-corrected chi connectivity index (χ1v) is 3.44. The van der Waals surface area contributed by atoms with E-state index in [-0.39, 0.29) is 0 Å². The summed E-state index contributed by atoms with van der Waals surface area (Å²) in [7, 11) is 0. The van der Waals surface area contributed by atoms with Crippen molar-refractivity contribution in [3.8, 4) is 0 Å². The van der Waals surface area contributed by atoms with Gasteiger partial charge in [-0.15, -0.1) is 0 Å². The predicted octanol–water partition coefficient (Wildman–Crippen LogP) is 1.92. The molecule has 2 nitrogen and oxygen atoms in total. The fraction of sp³-hybridized carbons (Fsp3) is 0.222. The fourth-order valence-corrected chi connectivity index (χ4v) is 1.22. The summed E-state index contributed by atoms with van der Waals surface area (Å²) in [5.41, 5.74) is 1.16. The molecule has 2 rings (SSSR count). The molecule has 0 saturated heterocycles. The summed E-state index contributed by atoms with van der Waals surface area (Å²) < 4.78 is 12.5. The van der Waals surface area contributed by atoms with Gasteiger partial charge in [0.15, 0.2) is 0 Å². The van der Waals surface area contributed by atoms with E-state index in [1.54, 1.807) is 31.2 Å². The lowest BCUT2D eigenvalue weighted by molar-refractivity contribution is 0.0422. The highest BCUT2D eigenvalue weighted by atomic mass is 16.5. The average Bonchev–Trinajstić information content (AvgIpc) is 2.25. The van der Waals surface area contributed by atoms with Crippen LogP contribution in [0.2, 0.25) is 0 Å². The highest BCUT2D eigenvalue weighted by molar-refractivity contribution is 5.93. The molecule has 0 radical (unpaired) electrons. The summed E-state index contributed by atoms with van der Waals surface area (Å²) in [5, 5.41) is 0. The number of carbonyl (C=O) groups is 1. The van der Waals surface area contributed by atoms with Crippen LogP contribution < -0.4 is 0 Å². The Morgan fingerprint density at radius 2 is 2.27 bits per heavy atom. The molecule has 1 aliphatic heterocycles. The van der Waals surface area contributed by atoms with E-state index in [1.807, 2.05) is 0 Å². The van der Waals surface area contributed by atoms with Gasteiger partial charge in [0.05, 0.1) is 6.93 Å². The first-order valence-electron chi connectivity index (χ1n) is 3.94. The molecule has 2 heteroatoms. The molecular formula is C9H8O2. The van der Waals surface area contributed by atoms with E-state index >= 15 is 0 Å². The van der Waals surface area contributed by atoms with Crippen LogP contribution in [0.15, 0.2) is 24.3 Å². The van der Waals surface area contributed by atoms with Crippen LogP contribution in [0, 0.1) is 0 Å². The molecule has 1 aromatic rings. The molecule has 0 amide bonds. The normalized spacial score (nSPS) is 29.2. The Morgan fingerprint density at radius 3 is 3.00 bits per heavy atom. The topological polar surface area (TPSA) is 26.3 Å². The smallest absolute Gasteiger partial charge is 0.339 e. The van der Waals surface area contributed by atoms with Crippen LogP contribution >= 0.6 is 0 Å². The minimum absolute atomic E-state index is 0.400. The van der Waals surface area contributed by atoms with E-state index in [0.717, 1.165) is 0 Å². The van der Waals surface area contributed by atoms with Crippen LogP contribution in [0.5, 0.6) is 0 Å². The highest BCUT2D eigenvalue weighted by Gasteiger charge is 2.26. The number of fused-ring (bicyclic) bond motifs is 1. The maximum Gasteiger partial charge on any atom is 0.339 e. The Bertz CT molecular complexity index is 344. The summed E-state index contributed by atoms with van der Waals surface area (Å²) in [6, 6.07) is 6.99. The number of hydrogen-bond acceptors (Lipinski definition) is 2. The van der Waals surface area contributed by atoms with Crippen molar-refractivity contribution in [3.63, 3.8) is 0 Å². The third-order valence-corrected chi connectivity index (χ3v) is 1.77. The molecule has 0 bridgehead atoms. The van der Waals surface area contributed by atoms with Crippen molar-refractivity contribution in [2.45, 2.75) is 13.0 Å². The quantitative estimate of drug-likeness (QED) is 0.527. The summed E-state index contributed by atoms with van der Waals surface area (Å²) in [6.45, 7) is 1.57. The molecule has 56 valence electrons. The number of carbonyl (C=O) groups excluding carboxylic acids is 1. The van der Waals surface area contributed by atoms with Gasteiger partial charge in [-0.3, -0.25) is 0 Å². The van der Waals surface area contributed by atoms with Gasteiger partial charge in [-0.1, -0.05) is 18.2 Å². The summed E-state index contributed by atoms with van der Waals surface area (Å²) in [6.07, 6.45) is -1.20. The van der Waals surface area contributed by atoms with E-state index in [9.17, 15) is 4.79 Å². The monoisotopic (exact) mass is 149 g/mol. The molecule has 0 fully saturated rings. The van der Waals surface area contributed by atoms with Crippen LogP contribution in [0.3, 0.4) is 0 Å². The number of hydrogen-bond donors (Lipinski definition) is 0.